The average Bonchev–Trinajstić information content (AvgIpc) is 2.37. The molecule has 586 valence electrons. The molecule has 0 saturated heterocycles. The van der Waals surface area contributed by atoms with E-state index in [-0.39, 0.29) is 397 Å². The highest BCUT2D eigenvalue weighted by Gasteiger charge is 1.51. The third-order valence-corrected chi connectivity index (χ3v) is 0.289. The van der Waals surface area contributed by atoms with E-state index in [1.54, 1.807) is 7.11 Å². The van der Waals surface area contributed by atoms with Gasteiger partial charge in [0.25, 0.3) is 0 Å². The number of hydrogen-bond donors (Lipinski definition) is 0. The quantitative estimate of drug-likeness (QED) is 0.243. The lowest BCUT2D eigenvalue weighted by atomic mass is 10.6. The van der Waals surface area contributed by atoms with Crippen LogP contribution in [0.1, 0.15) is 378 Å². The SMILES string of the molecule is C.C.C.C.C.C.C.C.C.C.C.C.C.C.C.C.C.C.C.C.C.C.C.C.C.C.C.C.C.C.C.C.C.C.C.C.C.C.CC.CC.CCC.CCC.CCC.CCOC.O.O.O.O.O.O.O.O.O.O.O.O.O.O.O.O.O.O.O.O.O. The summed E-state index contributed by atoms with van der Waals surface area (Å²) in [5, 5.41) is 0. The predicted octanol–water partition coefficient (Wildman–Crippen LogP) is 13.8. The first-order chi connectivity index (χ1) is 8.16. The van der Waals surface area contributed by atoms with Crippen LogP contribution in [-0.4, -0.2) is 129 Å². The molecule has 0 fully saturated rings. The lowest BCUT2D eigenvalue weighted by Gasteiger charge is -1.76. The zero-order valence-electron chi connectivity index (χ0n) is 25.7. The van der Waals surface area contributed by atoms with Crippen LogP contribution in [-0.2, 0) is 4.74 Å². The Morgan fingerprint density at radius 3 is 0.158 bits per heavy atom. The van der Waals surface area contributed by atoms with Crippen molar-refractivity contribution < 1.29 is 120 Å². The summed E-state index contributed by atoms with van der Waals surface area (Å²) in [5.41, 5.74) is 0. The van der Waals surface area contributed by atoms with Crippen LogP contribution in [0.4, 0.5) is 0 Å². The topological polar surface area (TPSA) is 671 Å². The second kappa shape index (κ2) is 23300. The van der Waals surface area contributed by atoms with E-state index in [0.717, 1.165) is 6.61 Å². The molecule has 0 aliphatic heterocycles. The van der Waals surface area contributed by atoms with Crippen LogP contribution in [0.25, 0.3) is 0 Å². The van der Waals surface area contributed by atoms with Crippen molar-refractivity contribution in [3.8, 4) is 0 Å². The number of methoxy groups -OCH3 is 1. The van der Waals surface area contributed by atoms with E-state index in [1.165, 1.54) is 19.3 Å². The van der Waals surface area contributed by atoms with Crippen LogP contribution >= 0.6 is 0 Å². The molecule has 0 aromatic rings. The highest BCUT2D eigenvalue weighted by Crippen LogP contribution is 1.57. The van der Waals surface area contributed by atoms with Crippen molar-refractivity contribution in [2.24, 2.45) is 0 Å². The molecule has 0 atom stereocenters. The van der Waals surface area contributed by atoms with Crippen LogP contribution in [0, 0.1) is 0 Å². The Kier molecular flexibility index (Phi) is 1240000. The molecule has 76 heavy (non-hydrogen) atoms. The van der Waals surface area contributed by atoms with Crippen LogP contribution in [0.5, 0.6) is 0 Å². The summed E-state index contributed by atoms with van der Waals surface area (Å²) < 4.78 is 4.54. The van der Waals surface area contributed by atoms with Gasteiger partial charge in [0.05, 0.1) is 0 Å². The van der Waals surface area contributed by atoms with E-state index in [2.05, 4.69) is 46.3 Å². The van der Waals surface area contributed by atoms with Crippen molar-refractivity contribution in [2.75, 3.05) is 13.7 Å². The minimum atomic E-state index is 0. The maximum atomic E-state index is 4.54. The van der Waals surface area contributed by atoms with Gasteiger partial charge in [-0.3, -0.25) is 0 Å². The zero-order chi connectivity index (χ0) is 15.5. The van der Waals surface area contributed by atoms with Gasteiger partial charge < -0.3 is 120 Å². The summed E-state index contributed by atoms with van der Waals surface area (Å²) in [4.78, 5) is 0. The molecular formula is C54H238O22. The molecular weight excluding hydrogens is 1000 g/mol. The average molecular weight is 1240 g/mol. The van der Waals surface area contributed by atoms with Crippen molar-refractivity contribution in [3.63, 3.8) is 0 Å². The second-order valence-electron chi connectivity index (χ2n) is 2.70. The van der Waals surface area contributed by atoms with Crippen molar-refractivity contribution >= 4 is 0 Å². The third kappa shape index (κ3) is 26400000. The number of rotatable bonds is 1. The Balaban J connectivity index is -0.000000000263. The van der Waals surface area contributed by atoms with Crippen molar-refractivity contribution in [3.05, 3.63) is 0 Å². The number of hydrogen-bond acceptors (Lipinski definition) is 1. The summed E-state index contributed by atoms with van der Waals surface area (Å²) in [6.45, 7) is 23.5. The Bertz CT molecular complexity index is 82.4. The summed E-state index contributed by atoms with van der Waals surface area (Å²) in [7, 11) is 1.68. The summed E-state index contributed by atoms with van der Waals surface area (Å²) >= 11 is 0. The van der Waals surface area contributed by atoms with E-state index in [9.17, 15) is 0 Å². The van der Waals surface area contributed by atoms with E-state index in [0.29, 0.717) is 0 Å². The first-order valence-electron chi connectivity index (χ1n) is 7.65. The molecule has 0 saturated carbocycles. The maximum absolute atomic E-state index is 4.54. The monoisotopic (exact) mass is 1240 g/mol. The maximum Gasteiger partial charge on any atom is 0.0433 e. The first-order valence-corrected chi connectivity index (χ1v) is 7.65. The van der Waals surface area contributed by atoms with Gasteiger partial charge in [-0.15, -0.1) is 0 Å². The largest absolute Gasteiger partial charge is 0.412 e. The van der Waals surface area contributed by atoms with Gasteiger partial charge in [0.2, 0.25) is 0 Å². The van der Waals surface area contributed by atoms with Gasteiger partial charge in [-0.2, -0.15) is 0 Å². The minimum Gasteiger partial charge on any atom is -0.412 e. The highest BCUT2D eigenvalue weighted by molar-refractivity contribution is 3.95. The molecule has 0 bridgehead atoms. The minimum absolute atomic E-state index is 0. The second-order valence-corrected chi connectivity index (χ2v) is 2.70. The van der Waals surface area contributed by atoms with Gasteiger partial charge in [-0.1, -0.05) is 371 Å². The Hall–Kier alpha value is -0.880. The third-order valence-electron chi connectivity index (χ3n) is 0.289. The molecule has 0 aliphatic carbocycles. The Labute approximate surface area is 510 Å². The van der Waals surface area contributed by atoms with Crippen molar-refractivity contribution in [2.45, 2.75) is 378 Å². The lowest BCUT2D eigenvalue weighted by Crippen LogP contribution is -1.73. The Morgan fingerprint density at radius 2 is 0.158 bits per heavy atom. The molecule has 0 aromatic heterocycles. The van der Waals surface area contributed by atoms with Crippen LogP contribution in [0.15, 0.2) is 0 Å². The molecule has 42 N–H and O–H groups in total. The van der Waals surface area contributed by atoms with E-state index in [1.807, 2.05) is 34.6 Å². The normalized spacial score (nSPS) is 1.26. The van der Waals surface area contributed by atoms with E-state index < -0.39 is 0 Å². The van der Waals surface area contributed by atoms with Gasteiger partial charge in [0.15, 0.2) is 0 Å². The van der Waals surface area contributed by atoms with Crippen LogP contribution < -0.4 is 0 Å². The van der Waals surface area contributed by atoms with Gasteiger partial charge >= 0.3 is 0 Å². The smallest absolute Gasteiger partial charge is 0.0433 e. The molecule has 22 nitrogen and oxygen atoms in total. The summed E-state index contributed by atoms with van der Waals surface area (Å²) in [5.74, 6) is 0. The fourth-order valence-electron chi connectivity index (χ4n) is 0. The molecule has 0 heterocycles. The van der Waals surface area contributed by atoms with Gasteiger partial charge in [0, 0.05) is 13.7 Å². The summed E-state index contributed by atoms with van der Waals surface area (Å²) in [6, 6.07) is 0. The predicted molar refractivity (Wildman–Crippen MR) is 420 cm³/mol. The molecule has 0 unspecified atom stereocenters. The fourth-order valence-corrected chi connectivity index (χ4v) is 0. The zero-order valence-corrected chi connectivity index (χ0v) is 25.7. The summed E-state index contributed by atoms with van der Waals surface area (Å²) in [6.07, 6.45) is 3.75. The van der Waals surface area contributed by atoms with Gasteiger partial charge in [-0.25, -0.2) is 0 Å². The molecule has 0 aromatic carbocycles. The molecule has 0 radical (unpaired) electrons. The molecule has 0 spiro atoms. The van der Waals surface area contributed by atoms with Crippen molar-refractivity contribution in [1.29, 1.82) is 0 Å². The highest BCUT2D eigenvalue weighted by atomic mass is 16.5. The molecule has 0 rings (SSSR count). The number of ether oxygens (including phenoxy) is 1. The first kappa shape index (κ1) is 4030. The Morgan fingerprint density at radius 1 is 0.145 bits per heavy atom. The van der Waals surface area contributed by atoms with Crippen molar-refractivity contribution in [1.82, 2.24) is 0 Å². The van der Waals surface area contributed by atoms with Crippen LogP contribution in [0.3, 0.4) is 0 Å². The molecule has 22 heteroatoms. The van der Waals surface area contributed by atoms with E-state index in [4.69, 9.17) is 0 Å². The molecule has 0 amide bonds. The van der Waals surface area contributed by atoms with Gasteiger partial charge in [-0.05, 0) is 6.92 Å². The standard InChI is InChI=1S/C3H8O.3C3H8.2C2H6.38CH4.21H2O/c1-3-4-2;3*1-3-2;2*1-2;;;;;;;;;;;;;;;;;;;;;;;;;;;;;;;;;;;;;;;;;;;;;;;;;;;;;;;;;;;/h3H2,1-2H3;3*3H2,1-2H3;2*1-2H3;38*1H4;21*1H2. The molecule has 0 aliphatic rings. The van der Waals surface area contributed by atoms with E-state index >= 15 is 0 Å². The lowest BCUT2D eigenvalue weighted by molar-refractivity contribution is 0.215. The van der Waals surface area contributed by atoms with Gasteiger partial charge in [0.1, 0.15) is 0 Å². The van der Waals surface area contributed by atoms with Crippen LogP contribution in [0.2, 0.25) is 0 Å². The fraction of sp³-hybridized carbons (Fsp3) is 1.00.